The van der Waals surface area contributed by atoms with Crippen molar-refractivity contribution in [1.82, 2.24) is 15.0 Å². The van der Waals surface area contributed by atoms with Crippen molar-refractivity contribution in [2.45, 2.75) is 31.7 Å². The van der Waals surface area contributed by atoms with Crippen molar-refractivity contribution in [3.8, 4) is 11.4 Å². The van der Waals surface area contributed by atoms with Crippen molar-refractivity contribution in [1.29, 1.82) is 0 Å². The minimum atomic E-state index is 0. The van der Waals surface area contributed by atoms with Gasteiger partial charge >= 0.3 is 6.01 Å². The van der Waals surface area contributed by atoms with E-state index >= 15 is 0 Å². The molecule has 8 heteroatoms. The predicted octanol–water partition coefficient (Wildman–Crippen LogP) is 2.32. The molecular weight excluding hydrogens is 366 g/mol. The van der Waals surface area contributed by atoms with E-state index in [4.69, 9.17) is 10.3 Å². The van der Waals surface area contributed by atoms with Crippen LogP contribution >= 0.6 is 12.4 Å². The highest BCUT2D eigenvalue weighted by Crippen LogP contribution is 2.33. The molecule has 1 aromatic carbocycles. The third-order valence-corrected chi connectivity index (χ3v) is 5.46. The van der Waals surface area contributed by atoms with Crippen molar-refractivity contribution < 1.29 is 9.32 Å². The van der Waals surface area contributed by atoms with Gasteiger partial charge in [0.05, 0.1) is 0 Å². The SMILES string of the molecule is Cl.NCCCN1C(=O)CC[C@H]2CN(c3nc(-c4ccccc4)no3)CC[C@H]21. The average molecular weight is 392 g/mol. The zero-order chi connectivity index (χ0) is 17.9. The number of amides is 1. The number of anilines is 1. The third-order valence-electron chi connectivity index (χ3n) is 5.46. The smallest absolute Gasteiger partial charge is 0.324 e. The van der Waals surface area contributed by atoms with E-state index in [9.17, 15) is 4.79 Å². The summed E-state index contributed by atoms with van der Waals surface area (Å²) in [5.74, 6) is 1.34. The molecule has 4 rings (SSSR count). The molecule has 0 radical (unpaired) electrons. The minimum Gasteiger partial charge on any atom is -0.339 e. The lowest BCUT2D eigenvalue weighted by Crippen LogP contribution is -2.56. The zero-order valence-corrected chi connectivity index (χ0v) is 16.1. The first kappa shape index (κ1) is 19.6. The number of fused-ring (bicyclic) bond motifs is 1. The number of piperidine rings is 2. The Morgan fingerprint density at radius 3 is 2.81 bits per heavy atom. The molecule has 2 aliphatic rings. The van der Waals surface area contributed by atoms with Gasteiger partial charge in [-0.1, -0.05) is 35.5 Å². The Bertz CT molecular complexity index is 754. The summed E-state index contributed by atoms with van der Waals surface area (Å²) < 4.78 is 5.52. The molecule has 2 aromatic rings. The fourth-order valence-corrected chi connectivity index (χ4v) is 4.13. The Balaban J connectivity index is 0.00000210. The highest BCUT2D eigenvalue weighted by molar-refractivity contribution is 5.85. The number of aromatic nitrogens is 2. The van der Waals surface area contributed by atoms with Crippen LogP contribution in [0.15, 0.2) is 34.9 Å². The van der Waals surface area contributed by atoms with E-state index in [1.165, 1.54) is 0 Å². The van der Waals surface area contributed by atoms with Gasteiger partial charge in [-0.25, -0.2) is 0 Å². The summed E-state index contributed by atoms with van der Waals surface area (Å²) in [7, 11) is 0. The number of benzene rings is 1. The van der Waals surface area contributed by atoms with Gasteiger partial charge in [-0.05, 0) is 31.7 Å². The molecule has 0 unspecified atom stereocenters. The summed E-state index contributed by atoms with van der Waals surface area (Å²) in [6.07, 6.45) is 3.35. The number of carbonyl (C=O) groups is 1. The van der Waals surface area contributed by atoms with Crippen LogP contribution in [-0.4, -0.2) is 53.2 Å². The summed E-state index contributed by atoms with van der Waals surface area (Å²) >= 11 is 0. The van der Waals surface area contributed by atoms with Crippen LogP contribution < -0.4 is 10.6 Å². The number of nitrogens with zero attached hydrogens (tertiary/aromatic N) is 4. The summed E-state index contributed by atoms with van der Waals surface area (Å²) in [6.45, 7) is 3.07. The van der Waals surface area contributed by atoms with Gasteiger partial charge in [-0.3, -0.25) is 4.79 Å². The van der Waals surface area contributed by atoms with Gasteiger partial charge in [0.2, 0.25) is 11.7 Å². The van der Waals surface area contributed by atoms with Crippen LogP contribution in [-0.2, 0) is 4.79 Å². The van der Waals surface area contributed by atoms with Crippen LogP contribution in [0.2, 0.25) is 0 Å². The van der Waals surface area contributed by atoms with Crippen molar-refractivity contribution >= 4 is 24.3 Å². The van der Waals surface area contributed by atoms with E-state index in [1.54, 1.807) is 0 Å². The molecule has 2 atom stereocenters. The van der Waals surface area contributed by atoms with Crippen LogP contribution in [0.1, 0.15) is 25.7 Å². The molecule has 2 fully saturated rings. The molecule has 27 heavy (non-hydrogen) atoms. The van der Waals surface area contributed by atoms with E-state index in [1.807, 2.05) is 30.3 Å². The van der Waals surface area contributed by atoms with Crippen LogP contribution in [0, 0.1) is 5.92 Å². The van der Waals surface area contributed by atoms with Crippen LogP contribution in [0.5, 0.6) is 0 Å². The standard InChI is InChI=1S/C19H25N5O2.ClH/c20-10-4-11-24-16-9-12-23(13-15(16)7-8-17(24)25)19-21-18(22-26-19)14-5-2-1-3-6-14;/h1-3,5-6,15-16H,4,7-13,20H2;1H/t15-,16+;/m0./s1. The molecule has 0 bridgehead atoms. The highest BCUT2D eigenvalue weighted by atomic mass is 35.5. The number of likely N-dealkylation sites (tertiary alicyclic amines) is 1. The van der Waals surface area contributed by atoms with E-state index < -0.39 is 0 Å². The van der Waals surface area contributed by atoms with Crippen molar-refractivity contribution in [2.24, 2.45) is 11.7 Å². The number of nitrogens with two attached hydrogens (primary N) is 1. The molecule has 0 spiro atoms. The van der Waals surface area contributed by atoms with Crippen molar-refractivity contribution in [3.05, 3.63) is 30.3 Å². The Labute approximate surface area is 165 Å². The predicted molar refractivity (Wildman–Crippen MR) is 106 cm³/mol. The van der Waals surface area contributed by atoms with Gasteiger partial charge in [0.25, 0.3) is 0 Å². The van der Waals surface area contributed by atoms with Gasteiger partial charge in [0, 0.05) is 37.7 Å². The molecule has 2 N–H and O–H groups in total. The Hall–Kier alpha value is -2.12. The van der Waals surface area contributed by atoms with Gasteiger partial charge in [0.15, 0.2) is 0 Å². The number of carbonyl (C=O) groups excluding carboxylic acids is 1. The molecule has 7 nitrogen and oxygen atoms in total. The summed E-state index contributed by atoms with van der Waals surface area (Å²) in [6, 6.07) is 10.7. The van der Waals surface area contributed by atoms with Gasteiger partial charge in [-0.2, -0.15) is 4.98 Å². The fraction of sp³-hybridized carbons (Fsp3) is 0.526. The van der Waals surface area contributed by atoms with E-state index in [0.29, 0.717) is 36.8 Å². The minimum absolute atomic E-state index is 0. The first-order valence-corrected chi connectivity index (χ1v) is 9.40. The number of hydrogen-bond donors (Lipinski definition) is 1. The van der Waals surface area contributed by atoms with Crippen LogP contribution in [0.25, 0.3) is 11.4 Å². The quantitative estimate of drug-likeness (QED) is 0.841. The monoisotopic (exact) mass is 391 g/mol. The largest absolute Gasteiger partial charge is 0.339 e. The molecule has 1 aromatic heterocycles. The van der Waals surface area contributed by atoms with Crippen LogP contribution in [0.4, 0.5) is 6.01 Å². The molecule has 0 saturated carbocycles. The Morgan fingerprint density at radius 2 is 2.04 bits per heavy atom. The first-order chi connectivity index (χ1) is 12.8. The molecule has 2 saturated heterocycles. The van der Waals surface area contributed by atoms with Gasteiger partial charge < -0.3 is 20.1 Å². The van der Waals surface area contributed by atoms with Crippen LogP contribution in [0.3, 0.4) is 0 Å². The van der Waals surface area contributed by atoms with Gasteiger partial charge in [0.1, 0.15) is 0 Å². The number of halogens is 1. The van der Waals surface area contributed by atoms with E-state index in [2.05, 4.69) is 19.9 Å². The molecule has 146 valence electrons. The Morgan fingerprint density at radius 1 is 1.22 bits per heavy atom. The molecule has 3 heterocycles. The first-order valence-electron chi connectivity index (χ1n) is 9.40. The third kappa shape index (κ3) is 4.09. The lowest BCUT2D eigenvalue weighted by Gasteiger charge is -2.46. The second kappa shape index (κ2) is 8.71. The molecule has 2 aliphatic heterocycles. The second-order valence-corrected chi connectivity index (χ2v) is 7.10. The van der Waals surface area contributed by atoms with Crippen molar-refractivity contribution in [2.75, 3.05) is 31.1 Å². The normalized spacial score (nSPS) is 22.3. The maximum absolute atomic E-state index is 12.3. The summed E-state index contributed by atoms with van der Waals surface area (Å²) in [5.41, 5.74) is 6.59. The summed E-state index contributed by atoms with van der Waals surface area (Å²) in [5, 5.41) is 4.13. The maximum atomic E-state index is 12.3. The second-order valence-electron chi connectivity index (χ2n) is 7.10. The van der Waals surface area contributed by atoms with Gasteiger partial charge in [-0.15, -0.1) is 12.4 Å². The lowest BCUT2D eigenvalue weighted by atomic mass is 9.83. The lowest BCUT2D eigenvalue weighted by molar-refractivity contribution is -0.139. The molecular formula is C19H26ClN5O2. The molecule has 0 aliphatic carbocycles. The maximum Gasteiger partial charge on any atom is 0.324 e. The zero-order valence-electron chi connectivity index (χ0n) is 15.3. The highest BCUT2D eigenvalue weighted by Gasteiger charge is 2.40. The number of rotatable bonds is 5. The van der Waals surface area contributed by atoms with E-state index in [0.717, 1.165) is 44.5 Å². The van der Waals surface area contributed by atoms with Crippen molar-refractivity contribution in [3.63, 3.8) is 0 Å². The average Bonchev–Trinajstić information content (AvgIpc) is 3.18. The topological polar surface area (TPSA) is 88.5 Å². The molecule has 1 amide bonds. The van der Waals surface area contributed by atoms with E-state index in [-0.39, 0.29) is 18.3 Å². The number of hydrogen-bond acceptors (Lipinski definition) is 6. The fourth-order valence-electron chi connectivity index (χ4n) is 4.13. The Kier molecular flexibility index (Phi) is 6.34. The summed E-state index contributed by atoms with van der Waals surface area (Å²) in [4.78, 5) is 21.1.